The van der Waals surface area contributed by atoms with E-state index in [0.717, 1.165) is 5.92 Å². The number of hydrogen-bond acceptors (Lipinski definition) is 1. The lowest BCUT2D eigenvalue weighted by Crippen LogP contribution is -2.59. The summed E-state index contributed by atoms with van der Waals surface area (Å²) in [5, 5.41) is 0. The highest BCUT2D eigenvalue weighted by Crippen LogP contribution is 2.67. The zero-order valence-electron chi connectivity index (χ0n) is 9.73. The Bertz CT molecular complexity index is 252. The molecule has 0 N–H and O–H groups in total. The Balaban J connectivity index is 2.01. The fourth-order valence-electron chi connectivity index (χ4n) is 5.57. The minimum absolute atomic E-state index is 0.267. The van der Waals surface area contributed by atoms with Crippen LogP contribution in [0.4, 0.5) is 0 Å². The van der Waals surface area contributed by atoms with Crippen LogP contribution in [0.3, 0.4) is 0 Å². The minimum Gasteiger partial charge on any atom is -0.378 e. The second-order valence-electron chi connectivity index (χ2n) is 7.02. The molecule has 0 heterocycles. The summed E-state index contributed by atoms with van der Waals surface area (Å²) in [5.74, 6) is 0.959. The molecule has 0 aliphatic heterocycles. The Morgan fingerprint density at radius 3 is 1.93 bits per heavy atom. The molecule has 1 nitrogen and oxygen atoms in total. The van der Waals surface area contributed by atoms with Gasteiger partial charge in [-0.05, 0) is 55.3 Å². The van der Waals surface area contributed by atoms with E-state index in [9.17, 15) is 0 Å². The van der Waals surface area contributed by atoms with Crippen molar-refractivity contribution in [1.29, 1.82) is 0 Å². The molecule has 2 atom stereocenters. The molecule has 0 spiro atoms. The summed E-state index contributed by atoms with van der Waals surface area (Å²) in [6.45, 7) is 4.98. The van der Waals surface area contributed by atoms with Gasteiger partial charge in [-0.3, -0.25) is 0 Å². The van der Waals surface area contributed by atoms with Crippen molar-refractivity contribution in [2.24, 2.45) is 16.7 Å². The van der Waals surface area contributed by atoms with Gasteiger partial charge in [-0.2, -0.15) is 0 Å². The van der Waals surface area contributed by atoms with Gasteiger partial charge in [0.15, 0.2) is 0 Å². The number of hydrogen-bond donors (Lipinski definition) is 0. The highest BCUT2D eigenvalue weighted by Gasteiger charge is 2.60. The normalized spacial score (nSPS) is 60.6. The first-order valence-corrected chi connectivity index (χ1v) is 6.02. The lowest BCUT2D eigenvalue weighted by Gasteiger charge is -2.64. The van der Waals surface area contributed by atoms with Gasteiger partial charge < -0.3 is 4.74 Å². The maximum atomic E-state index is 5.88. The summed E-state index contributed by atoms with van der Waals surface area (Å²) in [4.78, 5) is 0. The first kappa shape index (κ1) is 9.21. The van der Waals surface area contributed by atoms with Crippen LogP contribution in [0.1, 0.15) is 52.4 Å². The first-order chi connectivity index (χ1) is 6.47. The summed E-state index contributed by atoms with van der Waals surface area (Å²) in [5.41, 5.74) is 1.47. The molecule has 0 aromatic rings. The van der Waals surface area contributed by atoms with E-state index in [1.807, 2.05) is 7.11 Å². The molecule has 4 fully saturated rings. The average molecular weight is 194 g/mol. The van der Waals surface area contributed by atoms with Crippen molar-refractivity contribution < 1.29 is 4.74 Å². The zero-order chi connectivity index (χ0) is 10.0. The van der Waals surface area contributed by atoms with Crippen molar-refractivity contribution in [2.45, 2.75) is 58.0 Å². The quantitative estimate of drug-likeness (QED) is 0.622. The van der Waals surface area contributed by atoms with Gasteiger partial charge in [0.25, 0.3) is 0 Å². The van der Waals surface area contributed by atoms with E-state index in [4.69, 9.17) is 4.74 Å². The molecule has 1 heteroatoms. The molecule has 0 saturated heterocycles. The van der Waals surface area contributed by atoms with E-state index in [1.54, 1.807) is 0 Å². The molecule has 4 aliphatic rings. The lowest BCUT2D eigenvalue weighted by molar-refractivity contribution is -0.203. The van der Waals surface area contributed by atoms with E-state index in [2.05, 4.69) is 13.8 Å². The summed E-state index contributed by atoms with van der Waals surface area (Å²) < 4.78 is 5.88. The van der Waals surface area contributed by atoms with Crippen LogP contribution in [0, 0.1) is 16.7 Å². The summed E-state index contributed by atoms with van der Waals surface area (Å²) in [7, 11) is 1.93. The second-order valence-corrected chi connectivity index (χ2v) is 7.02. The predicted molar refractivity (Wildman–Crippen MR) is 57.1 cm³/mol. The maximum absolute atomic E-state index is 5.88. The largest absolute Gasteiger partial charge is 0.378 e. The van der Waals surface area contributed by atoms with Gasteiger partial charge in [0.1, 0.15) is 0 Å². The molecule has 0 aromatic carbocycles. The topological polar surface area (TPSA) is 9.23 Å². The van der Waals surface area contributed by atoms with Crippen LogP contribution in [0.25, 0.3) is 0 Å². The molecular weight excluding hydrogens is 172 g/mol. The first-order valence-electron chi connectivity index (χ1n) is 6.02. The number of rotatable bonds is 1. The lowest BCUT2D eigenvalue weighted by atomic mass is 9.43. The van der Waals surface area contributed by atoms with Gasteiger partial charge in [0.2, 0.25) is 0 Å². The van der Waals surface area contributed by atoms with Crippen LogP contribution in [-0.2, 0) is 4.74 Å². The van der Waals surface area contributed by atoms with E-state index in [0.29, 0.717) is 10.8 Å². The number of ether oxygens (including phenoxy) is 1. The smallest absolute Gasteiger partial charge is 0.0691 e. The van der Waals surface area contributed by atoms with Crippen molar-refractivity contribution in [3.8, 4) is 0 Å². The molecule has 2 unspecified atom stereocenters. The number of methoxy groups -OCH3 is 1. The third-order valence-electron chi connectivity index (χ3n) is 5.01. The summed E-state index contributed by atoms with van der Waals surface area (Å²) in [6, 6.07) is 0. The van der Waals surface area contributed by atoms with Crippen LogP contribution in [-0.4, -0.2) is 12.7 Å². The van der Waals surface area contributed by atoms with Crippen LogP contribution < -0.4 is 0 Å². The molecular formula is C13H22O. The van der Waals surface area contributed by atoms with E-state index < -0.39 is 0 Å². The predicted octanol–water partition coefficient (Wildman–Crippen LogP) is 3.38. The van der Waals surface area contributed by atoms with Gasteiger partial charge in [-0.1, -0.05) is 13.8 Å². The Morgan fingerprint density at radius 1 is 0.929 bits per heavy atom. The Hall–Kier alpha value is -0.0400. The Kier molecular flexibility index (Phi) is 1.56. The van der Waals surface area contributed by atoms with Gasteiger partial charge >= 0.3 is 0 Å². The molecule has 0 aromatic heterocycles. The monoisotopic (exact) mass is 194 g/mol. The van der Waals surface area contributed by atoms with Crippen molar-refractivity contribution in [2.75, 3.05) is 7.11 Å². The molecule has 0 amide bonds. The SMILES string of the molecule is COC12CC3CC(C)(CC(C)(C3)C1)C2. The molecule has 4 bridgehead atoms. The van der Waals surface area contributed by atoms with Gasteiger partial charge in [0.05, 0.1) is 5.60 Å². The van der Waals surface area contributed by atoms with Crippen molar-refractivity contribution in [3.05, 3.63) is 0 Å². The van der Waals surface area contributed by atoms with Crippen LogP contribution >= 0.6 is 0 Å². The highest BCUT2D eigenvalue weighted by atomic mass is 16.5. The fourth-order valence-corrected chi connectivity index (χ4v) is 5.57. The van der Waals surface area contributed by atoms with E-state index in [1.165, 1.54) is 38.5 Å². The third kappa shape index (κ3) is 1.11. The van der Waals surface area contributed by atoms with E-state index in [-0.39, 0.29) is 5.60 Å². The highest BCUT2D eigenvalue weighted by molar-refractivity contribution is 5.11. The van der Waals surface area contributed by atoms with Crippen molar-refractivity contribution in [1.82, 2.24) is 0 Å². The fraction of sp³-hybridized carbons (Fsp3) is 1.00. The Labute approximate surface area is 87.2 Å². The van der Waals surface area contributed by atoms with Crippen LogP contribution in [0.15, 0.2) is 0 Å². The molecule has 0 radical (unpaired) electrons. The van der Waals surface area contributed by atoms with Gasteiger partial charge in [-0.25, -0.2) is 0 Å². The Morgan fingerprint density at radius 2 is 1.50 bits per heavy atom. The summed E-state index contributed by atoms with van der Waals surface area (Å²) in [6.07, 6.45) is 8.36. The zero-order valence-corrected chi connectivity index (χ0v) is 9.73. The van der Waals surface area contributed by atoms with Gasteiger partial charge in [-0.15, -0.1) is 0 Å². The van der Waals surface area contributed by atoms with Crippen LogP contribution in [0.2, 0.25) is 0 Å². The molecule has 4 saturated carbocycles. The van der Waals surface area contributed by atoms with E-state index >= 15 is 0 Å². The van der Waals surface area contributed by atoms with Crippen molar-refractivity contribution in [3.63, 3.8) is 0 Å². The third-order valence-corrected chi connectivity index (χ3v) is 5.01. The standard InChI is InChI=1S/C13H22O/c1-11-4-10-5-12(2,7-11)9-13(6-10,8-11)14-3/h10H,4-9H2,1-3H3. The van der Waals surface area contributed by atoms with Gasteiger partial charge in [0, 0.05) is 7.11 Å². The van der Waals surface area contributed by atoms with Crippen molar-refractivity contribution >= 4 is 0 Å². The molecule has 80 valence electrons. The minimum atomic E-state index is 0.267. The second kappa shape index (κ2) is 2.37. The van der Waals surface area contributed by atoms with Crippen LogP contribution in [0.5, 0.6) is 0 Å². The summed E-state index contributed by atoms with van der Waals surface area (Å²) >= 11 is 0. The average Bonchev–Trinajstić information content (AvgIpc) is 1.97. The molecule has 14 heavy (non-hydrogen) atoms. The maximum Gasteiger partial charge on any atom is 0.0691 e. The molecule has 4 aliphatic carbocycles. The molecule has 4 rings (SSSR count).